The number of halogens is 2. The van der Waals surface area contributed by atoms with E-state index in [0.29, 0.717) is 5.92 Å². The molecule has 0 aliphatic heterocycles. The van der Waals surface area contributed by atoms with Crippen molar-refractivity contribution in [2.24, 2.45) is 0 Å². The maximum Gasteiger partial charge on any atom is 0.141 e. The topological polar surface area (TPSA) is 24.9 Å². The molecular formula is C16H20ClFN2S. The second-order valence-corrected chi connectivity index (χ2v) is 6.62. The van der Waals surface area contributed by atoms with E-state index in [4.69, 9.17) is 16.6 Å². The molecule has 5 heteroatoms. The van der Waals surface area contributed by atoms with E-state index in [1.54, 1.807) is 23.5 Å². The molecule has 2 nitrogen and oxygen atoms in total. The molecule has 21 heavy (non-hydrogen) atoms. The maximum absolute atomic E-state index is 13.4. The molecule has 1 aromatic carbocycles. The molecule has 0 saturated carbocycles. The summed E-state index contributed by atoms with van der Waals surface area (Å²) in [5.41, 5.74) is 2.03. The smallest absolute Gasteiger partial charge is 0.141 e. The predicted octanol–water partition coefficient (Wildman–Crippen LogP) is 5.15. The van der Waals surface area contributed by atoms with Gasteiger partial charge in [0.25, 0.3) is 0 Å². The zero-order valence-electron chi connectivity index (χ0n) is 12.5. The number of aromatic nitrogens is 1. The Labute approximate surface area is 134 Å². The molecule has 0 radical (unpaired) electrons. The molecule has 0 bridgehead atoms. The van der Waals surface area contributed by atoms with E-state index in [1.165, 1.54) is 6.07 Å². The molecule has 1 aromatic heterocycles. The second-order valence-electron chi connectivity index (χ2n) is 5.33. The van der Waals surface area contributed by atoms with E-state index in [1.807, 2.05) is 0 Å². The Balaban J connectivity index is 2.34. The first-order chi connectivity index (χ1) is 10.0. The molecule has 1 heterocycles. The predicted molar refractivity (Wildman–Crippen MR) is 87.7 cm³/mol. The molecule has 0 aliphatic rings. The molecule has 0 amide bonds. The molecule has 2 aromatic rings. The van der Waals surface area contributed by atoms with Gasteiger partial charge in [0, 0.05) is 5.38 Å². The average Bonchev–Trinajstić information content (AvgIpc) is 2.93. The SMILES string of the molecule is CCCNC(c1ccc(F)c(Cl)c1)c1nc(C(C)C)cs1. The van der Waals surface area contributed by atoms with Crippen molar-refractivity contribution in [3.8, 4) is 0 Å². The lowest BCUT2D eigenvalue weighted by molar-refractivity contribution is 0.588. The molecule has 1 atom stereocenters. The van der Waals surface area contributed by atoms with Crippen LogP contribution in [0.1, 0.15) is 55.4 Å². The quantitative estimate of drug-likeness (QED) is 0.794. The lowest BCUT2D eigenvalue weighted by Crippen LogP contribution is -2.23. The third kappa shape index (κ3) is 4.02. The fourth-order valence-corrected chi connectivity index (χ4v) is 3.30. The van der Waals surface area contributed by atoms with Gasteiger partial charge in [-0.05, 0) is 36.6 Å². The summed E-state index contributed by atoms with van der Waals surface area (Å²) < 4.78 is 13.4. The van der Waals surface area contributed by atoms with Crippen molar-refractivity contribution >= 4 is 22.9 Å². The number of hydrogen-bond donors (Lipinski definition) is 1. The number of nitrogens with one attached hydrogen (secondary N) is 1. The van der Waals surface area contributed by atoms with Gasteiger partial charge in [0.1, 0.15) is 10.8 Å². The van der Waals surface area contributed by atoms with Crippen molar-refractivity contribution in [2.45, 2.75) is 39.2 Å². The van der Waals surface area contributed by atoms with Crippen molar-refractivity contribution in [3.05, 3.63) is 50.7 Å². The van der Waals surface area contributed by atoms with Gasteiger partial charge in [0.05, 0.1) is 16.8 Å². The summed E-state index contributed by atoms with van der Waals surface area (Å²) >= 11 is 7.55. The summed E-state index contributed by atoms with van der Waals surface area (Å²) in [5, 5.41) is 6.70. The van der Waals surface area contributed by atoms with Crippen molar-refractivity contribution < 1.29 is 4.39 Å². The van der Waals surface area contributed by atoms with Gasteiger partial charge in [-0.3, -0.25) is 0 Å². The largest absolute Gasteiger partial charge is 0.304 e. The summed E-state index contributed by atoms with van der Waals surface area (Å²) in [6.45, 7) is 7.24. The fraction of sp³-hybridized carbons (Fsp3) is 0.438. The fourth-order valence-electron chi connectivity index (χ4n) is 2.03. The Bertz CT molecular complexity index is 598. The molecule has 0 spiro atoms. The van der Waals surface area contributed by atoms with Crippen LogP contribution in [0.5, 0.6) is 0 Å². The summed E-state index contributed by atoms with van der Waals surface area (Å²) in [6.07, 6.45) is 1.02. The third-order valence-electron chi connectivity index (χ3n) is 3.25. The van der Waals surface area contributed by atoms with Crippen LogP contribution in [0, 0.1) is 5.82 Å². The number of rotatable bonds is 6. The third-order valence-corrected chi connectivity index (χ3v) is 4.47. The minimum absolute atomic E-state index is 0.0412. The molecule has 1 unspecified atom stereocenters. The molecule has 0 saturated heterocycles. The molecular weight excluding hydrogens is 307 g/mol. The zero-order chi connectivity index (χ0) is 15.4. The van der Waals surface area contributed by atoms with E-state index in [9.17, 15) is 4.39 Å². The Kier molecular flexibility index (Phi) is 5.73. The zero-order valence-corrected chi connectivity index (χ0v) is 14.1. The standard InChI is InChI=1S/C16H20ClFN2S/c1-4-7-19-15(11-5-6-13(18)12(17)8-11)16-20-14(9-21-16)10(2)3/h5-6,8-10,15,19H,4,7H2,1-3H3. The number of thiazole rings is 1. The van der Waals surface area contributed by atoms with Crippen molar-refractivity contribution in [3.63, 3.8) is 0 Å². The Morgan fingerprint density at radius 2 is 2.14 bits per heavy atom. The lowest BCUT2D eigenvalue weighted by Gasteiger charge is -2.17. The van der Waals surface area contributed by atoms with Crippen molar-refractivity contribution in [1.29, 1.82) is 0 Å². The average molecular weight is 327 g/mol. The van der Waals surface area contributed by atoms with Gasteiger partial charge < -0.3 is 5.32 Å². The Morgan fingerprint density at radius 3 is 2.71 bits per heavy atom. The first kappa shape index (κ1) is 16.4. The van der Waals surface area contributed by atoms with Crippen LogP contribution in [-0.4, -0.2) is 11.5 Å². The Hall–Kier alpha value is -0.970. The van der Waals surface area contributed by atoms with Crippen LogP contribution in [0.2, 0.25) is 5.02 Å². The molecule has 0 fully saturated rings. The number of benzene rings is 1. The molecule has 114 valence electrons. The van der Waals surface area contributed by atoms with Crippen molar-refractivity contribution in [2.75, 3.05) is 6.54 Å². The normalized spacial score (nSPS) is 12.9. The van der Waals surface area contributed by atoms with Crippen LogP contribution in [0.25, 0.3) is 0 Å². The summed E-state index contributed by atoms with van der Waals surface area (Å²) in [6, 6.07) is 4.82. The highest BCUT2D eigenvalue weighted by Crippen LogP contribution is 2.29. The molecule has 2 rings (SSSR count). The van der Waals surface area contributed by atoms with Gasteiger partial charge >= 0.3 is 0 Å². The maximum atomic E-state index is 13.4. The van der Waals surface area contributed by atoms with Gasteiger partial charge in [-0.25, -0.2) is 9.37 Å². The summed E-state index contributed by atoms with van der Waals surface area (Å²) in [4.78, 5) is 4.71. The van der Waals surface area contributed by atoms with E-state index in [0.717, 1.165) is 29.2 Å². The minimum Gasteiger partial charge on any atom is -0.304 e. The highest BCUT2D eigenvalue weighted by atomic mass is 35.5. The van der Waals surface area contributed by atoms with Crippen LogP contribution in [0.3, 0.4) is 0 Å². The van der Waals surface area contributed by atoms with Crippen LogP contribution in [0.4, 0.5) is 4.39 Å². The van der Waals surface area contributed by atoms with Gasteiger partial charge in [0.15, 0.2) is 0 Å². The molecule has 1 N–H and O–H groups in total. The van der Waals surface area contributed by atoms with Gasteiger partial charge in [0.2, 0.25) is 0 Å². The van der Waals surface area contributed by atoms with Crippen LogP contribution >= 0.6 is 22.9 Å². The monoisotopic (exact) mass is 326 g/mol. The van der Waals surface area contributed by atoms with E-state index in [2.05, 4.69) is 31.5 Å². The second kappa shape index (κ2) is 7.34. The van der Waals surface area contributed by atoms with Crippen LogP contribution in [0.15, 0.2) is 23.6 Å². The summed E-state index contributed by atoms with van der Waals surface area (Å²) in [5.74, 6) is 0.00953. The van der Waals surface area contributed by atoms with Crippen molar-refractivity contribution in [1.82, 2.24) is 10.3 Å². The first-order valence-electron chi connectivity index (χ1n) is 7.16. The highest BCUT2D eigenvalue weighted by molar-refractivity contribution is 7.09. The van der Waals surface area contributed by atoms with Gasteiger partial charge in [-0.1, -0.05) is 38.4 Å². The molecule has 0 aliphatic carbocycles. The van der Waals surface area contributed by atoms with E-state index >= 15 is 0 Å². The number of hydrogen-bond acceptors (Lipinski definition) is 3. The van der Waals surface area contributed by atoms with Crippen LogP contribution in [-0.2, 0) is 0 Å². The minimum atomic E-state index is -0.392. The van der Waals surface area contributed by atoms with E-state index < -0.39 is 5.82 Å². The number of nitrogens with zero attached hydrogens (tertiary/aromatic N) is 1. The Morgan fingerprint density at radius 1 is 1.38 bits per heavy atom. The van der Waals surface area contributed by atoms with Gasteiger partial charge in [-0.2, -0.15) is 0 Å². The highest BCUT2D eigenvalue weighted by Gasteiger charge is 2.19. The first-order valence-corrected chi connectivity index (χ1v) is 8.42. The van der Waals surface area contributed by atoms with Gasteiger partial charge in [-0.15, -0.1) is 11.3 Å². The van der Waals surface area contributed by atoms with E-state index in [-0.39, 0.29) is 11.1 Å². The summed E-state index contributed by atoms with van der Waals surface area (Å²) in [7, 11) is 0. The van der Waals surface area contributed by atoms with Crippen LogP contribution < -0.4 is 5.32 Å². The lowest BCUT2D eigenvalue weighted by atomic mass is 10.1.